The summed E-state index contributed by atoms with van der Waals surface area (Å²) in [6.07, 6.45) is -5.01. The van der Waals surface area contributed by atoms with E-state index >= 15 is 0 Å². The Bertz CT molecular complexity index is 508. The highest BCUT2D eigenvalue weighted by Gasteiger charge is 2.37. The number of alkyl halides is 3. The standard InChI is InChI=1S/C9H4BrF3N2O2/c10-7-6(9(11,12)13)2-1-5(3-4-14)8(7)15(16)17/h1-2H,3H2. The van der Waals surface area contributed by atoms with Crippen molar-refractivity contribution in [2.45, 2.75) is 12.6 Å². The van der Waals surface area contributed by atoms with Crippen molar-refractivity contribution >= 4 is 21.6 Å². The van der Waals surface area contributed by atoms with Crippen LogP contribution in [0.25, 0.3) is 0 Å². The van der Waals surface area contributed by atoms with Gasteiger partial charge in [0.25, 0.3) is 5.69 Å². The molecule has 1 aromatic rings. The zero-order valence-electron chi connectivity index (χ0n) is 8.08. The van der Waals surface area contributed by atoms with E-state index < -0.39 is 26.8 Å². The van der Waals surface area contributed by atoms with Gasteiger partial charge in [0, 0.05) is 5.56 Å². The fourth-order valence-electron chi connectivity index (χ4n) is 1.25. The van der Waals surface area contributed by atoms with E-state index in [1.807, 2.05) is 0 Å². The summed E-state index contributed by atoms with van der Waals surface area (Å²) in [7, 11) is 0. The predicted molar refractivity (Wildman–Crippen MR) is 55.1 cm³/mol. The van der Waals surface area contributed by atoms with Gasteiger partial charge in [0.1, 0.15) is 4.47 Å². The maximum Gasteiger partial charge on any atom is 0.417 e. The van der Waals surface area contributed by atoms with Crippen molar-refractivity contribution in [3.63, 3.8) is 0 Å². The van der Waals surface area contributed by atoms with E-state index in [1.165, 1.54) is 0 Å². The van der Waals surface area contributed by atoms with Crippen molar-refractivity contribution in [2.24, 2.45) is 0 Å². The highest BCUT2D eigenvalue weighted by Crippen LogP contribution is 2.41. The van der Waals surface area contributed by atoms with Crippen molar-refractivity contribution in [2.75, 3.05) is 0 Å². The zero-order valence-corrected chi connectivity index (χ0v) is 9.67. The lowest BCUT2D eigenvalue weighted by Gasteiger charge is -2.10. The van der Waals surface area contributed by atoms with Gasteiger partial charge in [0.2, 0.25) is 0 Å². The SMILES string of the molecule is N#CCc1ccc(C(F)(F)F)c(Br)c1[N+](=O)[O-]. The first-order chi connectivity index (χ1) is 7.79. The molecule has 0 radical (unpaired) electrons. The second-order valence-corrected chi connectivity index (χ2v) is 3.82. The van der Waals surface area contributed by atoms with Gasteiger partial charge >= 0.3 is 6.18 Å². The minimum Gasteiger partial charge on any atom is -0.258 e. The van der Waals surface area contributed by atoms with Gasteiger partial charge in [-0.2, -0.15) is 18.4 Å². The van der Waals surface area contributed by atoms with Gasteiger partial charge in [-0.15, -0.1) is 0 Å². The summed E-state index contributed by atoms with van der Waals surface area (Å²) >= 11 is 2.57. The van der Waals surface area contributed by atoms with Crippen LogP contribution in [0.2, 0.25) is 0 Å². The first-order valence-corrected chi connectivity index (χ1v) is 4.98. The Morgan fingerprint density at radius 3 is 2.47 bits per heavy atom. The van der Waals surface area contributed by atoms with Crippen molar-refractivity contribution in [1.29, 1.82) is 5.26 Å². The van der Waals surface area contributed by atoms with Crippen molar-refractivity contribution in [1.82, 2.24) is 0 Å². The van der Waals surface area contributed by atoms with E-state index in [1.54, 1.807) is 6.07 Å². The van der Waals surface area contributed by atoms with E-state index in [4.69, 9.17) is 5.26 Å². The van der Waals surface area contributed by atoms with Crippen molar-refractivity contribution in [3.8, 4) is 6.07 Å². The third kappa shape index (κ3) is 2.74. The monoisotopic (exact) mass is 308 g/mol. The minimum absolute atomic E-state index is 0.0580. The number of rotatable bonds is 2. The number of nitro groups is 1. The second-order valence-electron chi connectivity index (χ2n) is 3.02. The molecule has 0 unspecified atom stereocenters. The van der Waals surface area contributed by atoms with E-state index in [0.717, 1.165) is 6.07 Å². The van der Waals surface area contributed by atoms with Crippen LogP contribution in [-0.2, 0) is 12.6 Å². The number of hydrogen-bond acceptors (Lipinski definition) is 3. The third-order valence-corrected chi connectivity index (χ3v) is 2.76. The molecule has 90 valence electrons. The largest absolute Gasteiger partial charge is 0.417 e. The molecule has 4 nitrogen and oxygen atoms in total. The fourth-order valence-corrected chi connectivity index (χ4v) is 2.01. The van der Waals surface area contributed by atoms with E-state index in [9.17, 15) is 23.3 Å². The molecule has 0 amide bonds. The number of nitro benzene ring substituents is 1. The van der Waals surface area contributed by atoms with Gasteiger partial charge in [0.05, 0.1) is 23.0 Å². The van der Waals surface area contributed by atoms with Crippen LogP contribution in [0.3, 0.4) is 0 Å². The van der Waals surface area contributed by atoms with Gasteiger partial charge in [-0.3, -0.25) is 10.1 Å². The van der Waals surface area contributed by atoms with Crippen molar-refractivity contribution < 1.29 is 18.1 Å². The number of nitriles is 1. The van der Waals surface area contributed by atoms with Gasteiger partial charge in [-0.25, -0.2) is 0 Å². The van der Waals surface area contributed by atoms with Crippen molar-refractivity contribution in [3.05, 3.63) is 37.8 Å². The zero-order chi connectivity index (χ0) is 13.2. The smallest absolute Gasteiger partial charge is 0.258 e. The molecule has 0 aliphatic heterocycles. The molecule has 1 rings (SSSR count). The quantitative estimate of drug-likeness (QED) is 0.621. The molecule has 0 aliphatic rings. The van der Waals surface area contributed by atoms with Crippen LogP contribution in [-0.4, -0.2) is 4.92 Å². The fraction of sp³-hybridized carbons (Fsp3) is 0.222. The van der Waals surface area contributed by atoms with Crippen LogP contribution in [0.15, 0.2) is 16.6 Å². The van der Waals surface area contributed by atoms with E-state index in [2.05, 4.69) is 15.9 Å². The number of halogens is 4. The Kier molecular flexibility index (Phi) is 3.72. The van der Waals surface area contributed by atoms with Crippen LogP contribution < -0.4 is 0 Å². The Morgan fingerprint density at radius 2 is 2.06 bits per heavy atom. The number of benzene rings is 1. The first kappa shape index (κ1) is 13.4. The molecule has 0 aliphatic carbocycles. The molecular weight excluding hydrogens is 305 g/mol. The molecule has 1 aromatic carbocycles. The maximum atomic E-state index is 12.5. The lowest BCUT2D eigenvalue weighted by molar-refractivity contribution is -0.386. The van der Waals surface area contributed by atoms with Crippen LogP contribution in [0, 0.1) is 21.4 Å². The Morgan fingerprint density at radius 1 is 1.47 bits per heavy atom. The molecule has 17 heavy (non-hydrogen) atoms. The normalized spacial score (nSPS) is 11.0. The predicted octanol–water partition coefficient (Wildman–Crippen LogP) is 3.44. The van der Waals surface area contributed by atoms with Gasteiger partial charge in [-0.1, -0.05) is 6.07 Å². The highest BCUT2D eigenvalue weighted by molar-refractivity contribution is 9.10. The van der Waals surface area contributed by atoms with Gasteiger partial charge < -0.3 is 0 Å². The van der Waals surface area contributed by atoms with Crippen LogP contribution >= 0.6 is 15.9 Å². The lowest BCUT2D eigenvalue weighted by Crippen LogP contribution is -2.08. The average molecular weight is 309 g/mol. The summed E-state index contributed by atoms with van der Waals surface area (Å²) in [6, 6.07) is 3.31. The molecule has 0 atom stereocenters. The number of nitrogens with zero attached hydrogens (tertiary/aromatic N) is 2. The summed E-state index contributed by atoms with van der Waals surface area (Å²) in [6.45, 7) is 0. The Hall–Kier alpha value is -1.62. The lowest BCUT2D eigenvalue weighted by atomic mass is 10.1. The molecule has 0 saturated heterocycles. The molecule has 0 heterocycles. The maximum absolute atomic E-state index is 12.5. The Balaban J connectivity index is 3.51. The average Bonchev–Trinajstić information content (AvgIpc) is 2.15. The second kappa shape index (κ2) is 4.71. The highest BCUT2D eigenvalue weighted by atomic mass is 79.9. The summed E-state index contributed by atoms with van der Waals surface area (Å²) in [4.78, 5) is 9.76. The van der Waals surface area contributed by atoms with E-state index in [-0.39, 0.29) is 12.0 Å². The summed E-state index contributed by atoms with van der Waals surface area (Å²) in [5.41, 5.74) is -1.91. The van der Waals surface area contributed by atoms with Crippen LogP contribution in [0.1, 0.15) is 11.1 Å². The number of hydrogen-bond donors (Lipinski definition) is 0. The van der Waals surface area contributed by atoms with Gasteiger partial charge in [-0.05, 0) is 22.0 Å². The Labute approximate surface area is 102 Å². The molecule has 0 fully saturated rings. The molecule has 0 bridgehead atoms. The van der Waals surface area contributed by atoms with E-state index in [0.29, 0.717) is 6.07 Å². The molecular formula is C9H4BrF3N2O2. The minimum atomic E-state index is -4.69. The third-order valence-electron chi connectivity index (χ3n) is 1.96. The summed E-state index contributed by atoms with van der Waals surface area (Å²) < 4.78 is 36.8. The molecule has 0 saturated carbocycles. The summed E-state index contributed by atoms with van der Waals surface area (Å²) in [5.74, 6) is 0. The van der Waals surface area contributed by atoms with Gasteiger partial charge in [0.15, 0.2) is 0 Å². The molecule has 0 spiro atoms. The molecule has 0 aromatic heterocycles. The first-order valence-electron chi connectivity index (χ1n) is 4.19. The van der Waals surface area contributed by atoms with Crippen LogP contribution in [0.5, 0.6) is 0 Å². The summed E-state index contributed by atoms with van der Waals surface area (Å²) in [5, 5.41) is 19.1. The molecule has 8 heteroatoms. The van der Waals surface area contributed by atoms with Crippen LogP contribution in [0.4, 0.5) is 18.9 Å². The molecule has 0 N–H and O–H groups in total. The topological polar surface area (TPSA) is 66.9 Å².